The van der Waals surface area contributed by atoms with Crippen LogP contribution in [0.15, 0.2) is 24.3 Å². The Hall–Kier alpha value is -1.10. The summed E-state index contributed by atoms with van der Waals surface area (Å²) in [4.78, 5) is 7.71. The molecule has 2 aromatic rings. The second kappa shape index (κ2) is 6.57. The highest BCUT2D eigenvalue weighted by Crippen LogP contribution is 2.31. The van der Waals surface area contributed by atoms with E-state index in [0.717, 1.165) is 27.1 Å². The molecule has 1 aromatic heterocycles. The van der Waals surface area contributed by atoms with E-state index in [1.165, 1.54) is 5.56 Å². The van der Waals surface area contributed by atoms with Gasteiger partial charge in [0.15, 0.2) is 5.13 Å². The Kier molecular flexibility index (Phi) is 5.02. The number of nitrogens with zero attached hydrogens (tertiary/aromatic N) is 2. The van der Waals surface area contributed by atoms with Crippen LogP contribution >= 0.6 is 22.9 Å². The monoisotopic (exact) mass is 310 g/mol. The maximum atomic E-state index is 9.37. The number of rotatable bonds is 5. The standard InChI is InChI=1S/C15H19ClN2OS/c1-4-13-14(9-19)20-15(17-13)18(3)10(2)11-5-7-12(16)8-6-11/h5-8,10,19H,4,9H2,1-3H3. The number of thiazole rings is 1. The third-order valence-corrected chi connectivity index (χ3v) is 4.91. The van der Waals surface area contributed by atoms with Crippen molar-refractivity contribution in [3.8, 4) is 0 Å². The number of aliphatic hydroxyl groups excluding tert-OH is 1. The lowest BCUT2D eigenvalue weighted by Gasteiger charge is -2.24. The molecule has 1 atom stereocenters. The lowest BCUT2D eigenvalue weighted by Crippen LogP contribution is -2.21. The SMILES string of the molecule is CCc1nc(N(C)C(C)c2ccc(Cl)cc2)sc1CO. The molecule has 1 N–H and O–H groups in total. The van der Waals surface area contributed by atoms with E-state index in [1.54, 1.807) is 11.3 Å². The molecule has 0 aliphatic carbocycles. The molecule has 0 aliphatic heterocycles. The minimum atomic E-state index is 0.0595. The minimum Gasteiger partial charge on any atom is -0.391 e. The predicted octanol–water partition coefficient (Wildman–Crippen LogP) is 4.05. The average Bonchev–Trinajstić information content (AvgIpc) is 2.89. The van der Waals surface area contributed by atoms with Gasteiger partial charge in [-0.3, -0.25) is 0 Å². The molecular weight excluding hydrogens is 292 g/mol. The summed E-state index contributed by atoms with van der Waals surface area (Å²) in [5, 5.41) is 11.1. The Morgan fingerprint density at radius 1 is 1.35 bits per heavy atom. The van der Waals surface area contributed by atoms with Crippen molar-refractivity contribution in [2.24, 2.45) is 0 Å². The molecule has 0 amide bonds. The van der Waals surface area contributed by atoms with Crippen LogP contribution < -0.4 is 4.90 Å². The van der Waals surface area contributed by atoms with Gasteiger partial charge in [0.1, 0.15) is 0 Å². The minimum absolute atomic E-state index is 0.0595. The summed E-state index contributed by atoms with van der Waals surface area (Å²) in [5.74, 6) is 0. The van der Waals surface area contributed by atoms with Crippen molar-refractivity contribution in [3.63, 3.8) is 0 Å². The van der Waals surface area contributed by atoms with E-state index in [1.807, 2.05) is 31.3 Å². The third kappa shape index (κ3) is 3.14. The Balaban J connectivity index is 2.23. The van der Waals surface area contributed by atoms with Crippen molar-refractivity contribution < 1.29 is 5.11 Å². The van der Waals surface area contributed by atoms with E-state index in [4.69, 9.17) is 11.6 Å². The zero-order chi connectivity index (χ0) is 14.7. The van der Waals surface area contributed by atoms with Crippen LogP contribution in [-0.4, -0.2) is 17.1 Å². The Morgan fingerprint density at radius 2 is 2.00 bits per heavy atom. The number of aromatic nitrogens is 1. The van der Waals surface area contributed by atoms with Crippen LogP contribution in [0.4, 0.5) is 5.13 Å². The van der Waals surface area contributed by atoms with Gasteiger partial charge in [-0.1, -0.05) is 42.0 Å². The number of halogens is 1. The van der Waals surface area contributed by atoms with Crippen LogP contribution in [0, 0.1) is 0 Å². The first-order valence-electron chi connectivity index (χ1n) is 6.64. The van der Waals surface area contributed by atoms with Crippen molar-refractivity contribution in [2.75, 3.05) is 11.9 Å². The number of anilines is 1. The fourth-order valence-electron chi connectivity index (χ4n) is 2.05. The Labute approximate surface area is 128 Å². The topological polar surface area (TPSA) is 36.4 Å². The van der Waals surface area contributed by atoms with Gasteiger partial charge in [0.05, 0.1) is 23.2 Å². The van der Waals surface area contributed by atoms with E-state index in [9.17, 15) is 5.11 Å². The predicted molar refractivity (Wildman–Crippen MR) is 85.7 cm³/mol. The van der Waals surface area contributed by atoms with Crippen LogP contribution in [0.2, 0.25) is 5.02 Å². The third-order valence-electron chi connectivity index (χ3n) is 3.48. The average molecular weight is 311 g/mol. The molecule has 0 fully saturated rings. The first kappa shape index (κ1) is 15.3. The van der Waals surface area contributed by atoms with Crippen LogP contribution in [0.5, 0.6) is 0 Å². The molecule has 1 aromatic carbocycles. The van der Waals surface area contributed by atoms with E-state index in [-0.39, 0.29) is 12.6 Å². The molecule has 1 unspecified atom stereocenters. The van der Waals surface area contributed by atoms with Gasteiger partial charge in [0.2, 0.25) is 0 Å². The summed E-state index contributed by atoms with van der Waals surface area (Å²) in [6.45, 7) is 4.25. The number of aryl methyl sites for hydroxylation is 1. The Bertz CT molecular complexity index is 546. The van der Waals surface area contributed by atoms with Gasteiger partial charge in [-0.15, -0.1) is 0 Å². The van der Waals surface area contributed by atoms with E-state index in [0.29, 0.717) is 0 Å². The van der Waals surface area contributed by atoms with Crippen molar-refractivity contribution in [3.05, 3.63) is 45.4 Å². The Morgan fingerprint density at radius 3 is 2.50 bits per heavy atom. The van der Waals surface area contributed by atoms with Crippen LogP contribution in [0.25, 0.3) is 0 Å². The quantitative estimate of drug-likeness (QED) is 0.905. The van der Waals surface area contributed by atoms with Crippen molar-refractivity contribution in [1.82, 2.24) is 4.98 Å². The molecule has 0 saturated heterocycles. The lowest BCUT2D eigenvalue weighted by atomic mass is 10.1. The van der Waals surface area contributed by atoms with Gasteiger partial charge in [-0.2, -0.15) is 0 Å². The highest BCUT2D eigenvalue weighted by Gasteiger charge is 2.17. The second-order valence-electron chi connectivity index (χ2n) is 4.72. The molecule has 20 heavy (non-hydrogen) atoms. The van der Waals surface area contributed by atoms with E-state index in [2.05, 4.69) is 23.7 Å². The molecule has 108 valence electrons. The summed E-state index contributed by atoms with van der Waals surface area (Å²) in [6, 6.07) is 8.07. The largest absolute Gasteiger partial charge is 0.391 e. The van der Waals surface area contributed by atoms with Gasteiger partial charge >= 0.3 is 0 Å². The second-order valence-corrected chi connectivity index (χ2v) is 6.21. The number of hydrogen-bond acceptors (Lipinski definition) is 4. The summed E-state index contributed by atoms with van der Waals surface area (Å²) in [6.07, 6.45) is 0.843. The summed E-state index contributed by atoms with van der Waals surface area (Å²) >= 11 is 7.48. The van der Waals surface area contributed by atoms with Gasteiger partial charge in [-0.25, -0.2) is 4.98 Å². The number of hydrogen-bond donors (Lipinski definition) is 1. The van der Waals surface area contributed by atoms with Gasteiger partial charge in [-0.05, 0) is 31.0 Å². The molecule has 0 bridgehead atoms. The molecule has 0 radical (unpaired) electrons. The van der Waals surface area contributed by atoms with Crippen LogP contribution in [-0.2, 0) is 13.0 Å². The molecule has 0 spiro atoms. The molecular formula is C15H19ClN2OS. The van der Waals surface area contributed by atoms with Crippen molar-refractivity contribution in [1.29, 1.82) is 0 Å². The van der Waals surface area contributed by atoms with Gasteiger partial charge < -0.3 is 10.0 Å². The molecule has 2 rings (SSSR count). The molecule has 1 heterocycles. The van der Waals surface area contributed by atoms with Gasteiger partial charge in [0.25, 0.3) is 0 Å². The summed E-state index contributed by atoms with van der Waals surface area (Å²) in [7, 11) is 2.03. The van der Waals surface area contributed by atoms with E-state index >= 15 is 0 Å². The first-order valence-corrected chi connectivity index (χ1v) is 7.84. The fraction of sp³-hybridized carbons (Fsp3) is 0.400. The van der Waals surface area contributed by atoms with Crippen molar-refractivity contribution >= 4 is 28.1 Å². The normalized spacial score (nSPS) is 12.4. The lowest BCUT2D eigenvalue weighted by molar-refractivity contribution is 0.284. The highest BCUT2D eigenvalue weighted by molar-refractivity contribution is 7.15. The maximum absolute atomic E-state index is 9.37. The molecule has 0 saturated carbocycles. The molecule has 0 aliphatic rings. The van der Waals surface area contributed by atoms with Crippen LogP contribution in [0.3, 0.4) is 0 Å². The number of benzene rings is 1. The summed E-state index contributed by atoms with van der Waals surface area (Å²) in [5.41, 5.74) is 2.18. The van der Waals surface area contributed by atoms with Crippen LogP contribution in [0.1, 0.15) is 36.0 Å². The summed E-state index contributed by atoms with van der Waals surface area (Å²) < 4.78 is 0. The van der Waals surface area contributed by atoms with Gasteiger partial charge in [0, 0.05) is 12.1 Å². The fourth-order valence-corrected chi connectivity index (χ4v) is 3.23. The smallest absolute Gasteiger partial charge is 0.186 e. The highest BCUT2D eigenvalue weighted by atomic mass is 35.5. The molecule has 3 nitrogen and oxygen atoms in total. The van der Waals surface area contributed by atoms with E-state index < -0.39 is 0 Å². The zero-order valence-corrected chi connectivity index (χ0v) is 13.5. The number of aliphatic hydroxyl groups is 1. The zero-order valence-electron chi connectivity index (χ0n) is 11.9. The van der Waals surface area contributed by atoms with Crippen molar-refractivity contribution in [2.45, 2.75) is 32.9 Å². The first-order chi connectivity index (χ1) is 9.56. The maximum Gasteiger partial charge on any atom is 0.186 e. The molecule has 5 heteroatoms.